The summed E-state index contributed by atoms with van der Waals surface area (Å²) in [5.41, 5.74) is 1.19. The summed E-state index contributed by atoms with van der Waals surface area (Å²) in [6.45, 7) is 2.56. The van der Waals surface area contributed by atoms with Crippen molar-refractivity contribution < 1.29 is 27.1 Å². The second-order valence-corrected chi connectivity index (χ2v) is 6.17. The summed E-state index contributed by atoms with van der Waals surface area (Å²) in [5, 5.41) is 2.72. The molecule has 0 aliphatic heterocycles. The van der Waals surface area contributed by atoms with E-state index in [1.165, 1.54) is 13.2 Å². The fraction of sp³-hybridized carbons (Fsp3) is 0.316. The van der Waals surface area contributed by atoms with Crippen LogP contribution < -0.4 is 5.32 Å². The lowest BCUT2D eigenvalue weighted by Crippen LogP contribution is -2.29. The maximum absolute atomic E-state index is 13.0. The molecule has 0 aliphatic rings. The van der Waals surface area contributed by atoms with Crippen molar-refractivity contribution in [3.8, 4) is 0 Å². The molecule has 1 amide bonds. The second-order valence-electron chi connectivity index (χ2n) is 6.17. The minimum atomic E-state index is -4.42. The number of benzene rings is 1. The van der Waals surface area contributed by atoms with Gasteiger partial charge in [0.2, 0.25) is 0 Å². The van der Waals surface area contributed by atoms with Crippen molar-refractivity contribution in [2.24, 2.45) is 0 Å². The Bertz CT molecular complexity index is 957. The molecule has 0 unspecified atom stereocenters. The molecule has 0 aliphatic carbocycles. The number of carbonyl (C=O) groups excluding carboxylic acids is 1. The van der Waals surface area contributed by atoms with Gasteiger partial charge in [0.1, 0.15) is 11.5 Å². The minimum Gasteiger partial charge on any atom is -0.460 e. The van der Waals surface area contributed by atoms with Crippen molar-refractivity contribution in [2.75, 3.05) is 20.3 Å². The Labute approximate surface area is 153 Å². The summed E-state index contributed by atoms with van der Waals surface area (Å²) in [7, 11) is 1.53. The summed E-state index contributed by atoms with van der Waals surface area (Å²) in [6, 6.07) is 8.42. The van der Waals surface area contributed by atoms with Gasteiger partial charge in [-0.25, -0.2) is 0 Å². The minimum absolute atomic E-state index is 0.111. The first-order valence-electron chi connectivity index (χ1n) is 8.32. The highest BCUT2D eigenvalue weighted by molar-refractivity contribution is 5.97. The first-order chi connectivity index (χ1) is 12.8. The largest absolute Gasteiger partial charge is 0.460 e. The number of hydrogen-bond acceptors (Lipinski definition) is 3. The maximum Gasteiger partial charge on any atom is 0.416 e. The zero-order chi connectivity index (χ0) is 19.6. The smallest absolute Gasteiger partial charge is 0.416 e. The third-order valence-electron chi connectivity index (χ3n) is 4.13. The van der Waals surface area contributed by atoms with Gasteiger partial charge in [0.15, 0.2) is 5.58 Å². The Balaban J connectivity index is 1.97. The molecule has 2 heterocycles. The molecule has 0 fully saturated rings. The number of amides is 1. The van der Waals surface area contributed by atoms with Crippen LogP contribution in [-0.4, -0.2) is 30.7 Å². The Morgan fingerprint density at radius 2 is 2.04 bits per heavy atom. The highest BCUT2D eigenvalue weighted by Crippen LogP contribution is 2.30. The number of rotatable bonds is 6. The SMILES string of the molecule is COCCNC(=O)c1cc2oc(C)cc2n1Cc1cccc(C(F)(F)F)c1. The highest BCUT2D eigenvalue weighted by atomic mass is 19.4. The van der Waals surface area contributed by atoms with E-state index in [1.54, 1.807) is 29.7 Å². The fourth-order valence-corrected chi connectivity index (χ4v) is 2.91. The summed E-state index contributed by atoms with van der Waals surface area (Å²) in [4.78, 5) is 12.5. The number of nitrogens with one attached hydrogen (secondary N) is 1. The molecule has 0 atom stereocenters. The molecule has 1 N–H and O–H groups in total. The molecule has 27 heavy (non-hydrogen) atoms. The lowest BCUT2D eigenvalue weighted by Gasteiger charge is -2.12. The first kappa shape index (κ1) is 19.0. The Morgan fingerprint density at radius 1 is 1.26 bits per heavy atom. The van der Waals surface area contributed by atoms with Crippen LogP contribution in [0.1, 0.15) is 27.4 Å². The number of furan rings is 1. The average Bonchev–Trinajstić information content (AvgIpc) is 3.12. The van der Waals surface area contributed by atoms with Crippen LogP contribution >= 0.6 is 0 Å². The van der Waals surface area contributed by atoms with Crippen LogP contribution in [0.3, 0.4) is 0 Å². The topological polar surface area (TPSA) is 56.4 Å². The molecule has 0 bridgehead atoms. The predicted molar refractivity (Wildman–Crippen MR) is 93.7 cm³/mol. The van der Waals surface area contributed by atoms with Gasteiger partial charge in [0.25, 0.3) is 5.91 Å². The quantitative estimate of drug-likeness (QED) is 0.658. The number of alkyl halides is 3. The molecule has 1 aromatic carbocycles. The van der Waals surface area contributed by atoms with Crippen molar-refractivity contribution in [1.82, 2.24) is 9.88 Å². The van der Waals surface area contributed by atoms with E-state index in [9.17, 15) is 18.0 Å². The van der Waals surface area contributed by atoms with E-state index < -0.39 is 11.7 Å². The normalized spacial score (nSPS) is 11.9. The number of fused-ring (bicyclic) bond motifs is 1. The van der Waals surface area contributed by atoms with Gasteiger partial charge in [-0.1, -0.05) is 12.1 Å². The van der Waals surface area contributed by atoms with Crippen LogP contribution in [0.5, 0.6) is 0 Å². The van der Waals surface area contributed by atoms with Gasteiger partial charge in [-0.05, 0) is 24.6 Å². The molecular formula is C19H19F3N2O3. The Morgan fingerprint density at radius 3 is 2.74 bits per heavy atom. The second kappa shape index (κ2) is 7.48. The third-order valence-corrected chi connectivity index (χ3v) is 4.13. The predicted octanol–water partition coefficient (Wildman–Crippen LogP) is 3.99. The van der Waals surface area contributed by atoms with E-state index in [2.05, 4.69) is 5.32 Å². The lowest BCUT2D eigenvalue weighted by atomic mass is 10.1. The third kappa shape index (κ3) is 4.16. The van der Waals surface area contributed by atoms with E-state index >= 15 is 0 Å². The summed E-state index contributed by atoms with van der Waals surface area (Å²) in [5.74, 6) is 0.312. The molecule has 2 aromatic heterocycles. The highest BCUT2D eigenvalue weighted by Gasteiger charge is 2.30. The zero-order valence-corrected chi connectivity index (χ0v) is 14.9. The Hall–Kier alpha value is -2.74. The van der Waals surface area contributed by atoms with Gasteiger partial charge in [-0.15, -0.1) is 0 Å². The van der Waals surface area contributed by atoms with Crippen LogP contribution in [0.15, 0.2) is 40.8 Å². The Kier molecular flexibility index (Phi) is 5.27. The molecule has 0 saturated heterocycles. The molecule has 8 heteroatoms. The number of nitrogens with zero attached hydrogens (tertiary/aromatic N) is 1. The molecule has 0 radical (unpaired) electrons. The van der Waals surface area contributed by atoms with Crippen molar-refractivity contribution >= 4 is 17.0 Å². The summed E-state index contributed by atoms with van der Waals surface area (Å²) in [6.07, 6.45) is -4.42. The van der Waals surface area contributed by atoms with Gasteiger partial charge in [-0.3, -0.25) is 4.79 Å². The zero-order valence-electron chi connectivity index (χ0n) is 14.9. The summed E-state index contributed by atoms with van der Waals surface area (Å²) < 4.78 is 51.1. The van der Waals surface area contributed by atoms with Crippen LogP contribution in [0.25, 0.3) is 11.1 Å². The van der Waals surface area contributed by atoms with Crippen molar-refractivity contribution in [3.63, 3.8) is 0 Å². The van der Waals surface area contributed by atoms with Crippen LogP contribution in [0.2, 0.25) is 0 Å². The van der Waals surface area contributed by atoms with Crippen LogP contribution in [0.4, 0.5) is 13.2 Å². The molecule has 0 saturated carbocycles. The van der Waals surface area contributed by atoms with E-state index in [4.69, 9.17) is 9.15 Å². The van der Waals surface area contributed by atoms with Crippen LogP contribution in [0, 0.1) is 6.92 Å². The number of hydrogen-bond donors (Lipinski definition) is 1. The van der Waals surface area contributed by atoms with Crippen LogP contribution in [-0.2, 0) is 17.5 Å². The van der Waals surface area contributed by atoms with Gasteiger partial charge in [0.05, 0.1) is 17.7 Å². The van der Waals surface area contributed by atoms with Gasteiger partial charge in [-0.2, -0.15) is 13.2 Å². The summed E-state index contributed by atoms with van der Waals surface area (Å²) >= 11 is 0. The molecular weight excluding hydrogens is 361 g/mol. The van der Waals surface area contributed by atoms with Crippen molar-refractivity contribution in [1.29, 1.82) is 0 Å². The number of carbonyl (C=O) groups is 1. The van der Waals surface area contributed by atoms with E-state index in [0.29, 0.717) is 41.3 Å². The number of halogens is 3. The molecule has 3 aromatic rings. The van der Waals surface area contributed by atoms with Crippen molar-refractivity contribution in [2.45, 2.75) is 19.6 Å². The monoisotopic (exact) mass is 380 g/mol. The lowest BCUT2D eigenvalue weighted by molar-refractivity contribution is -0.137. The molecule has 144 valence electrons. The number of methoxy groups -OCH3 is 1. The average molecular weight is 380 g/mol. The van der Waals surface area contributed by atoms with Gasteiger partial charge in [0, 0.05) is 32.3 Å². The molecule has 3 rings (SSSR count). The van der Waals surface area contributed by atoms with E-state index in [-0.39, 0.29) is 12.5 Å². The van der Waals surface area contributed by atoms with Crippen molar-refractivity contribution in [3.05, 3.63) is 59.0 Å². The fourth-order valence-electron chi connectivity index (χ4n) is 2.91. The number of aryl methyl sites for hydroxylation is 1. The van der Waals surface area contributed by atoms with E-state index in [1.807, 2.05) is 0 Å². The maximum atomic E-state index is 13.0. The van der Waals surface area contributed by atoms with Gasteiger partial charge < -0.3 is 19.0 Å². The molecule has 5 nitrogen and oxygen atoms in total. The molecule has 0 spiro atoms. The first-order valence-corrected chi connectivity index (χ1v) is 8.32. The van der Waals surface area contributed by atoms with Gasteiger partial charge >= 0.3 is 6.18 Å². The number of ether oxygens (including phenoxy) is 1. The standard InChI is InChI=1S/C19H19F3N2O3/c1-12-8-15-17(27-12)10-16(18(25)23-6-7-26-2)24(15)11-13-4-3-5-14(9-13)19(20,21)22/h3-5,8-10H,6-7,11H2,1-2H3,(H,23,25). The number of aromatic nitrogens is 1. The van der Waals surface area contributed by atoms with E-state index in [0.717, 1.165) is 12.1 Å².